The van der Waals surface area contributed by atoms with Gasteiger partial charge in [0, 0.05) is 26.7 Å². The number of hydrogen-bond donors (Lipinski definition) is 1. The van der Waals surface area contributed by atoms with Gasteiger partial charge in [0.25, 0.3) is 0 Å². The van der Waals surface area contributed by atoms with E-state index < -0.39 is 0 Å². The van der Waals surface area contributed by atoms with E-state index in [9.17, 15) is 0 Å². The molecule has 0 aliphatic carbocycles. The SMILES string of the molecule is CCCCOCCN=C(NCC)N(C)Cc1ccccc1.I. The predicted molar refractivity (Wildman–Crippen MR) is 105 cm³/mol. The van der Waals surface area contributed by atoms with Gasteiger partial charge in [0.15, 0.2) is 5.96 Å². The third kappa shape index (κ3) is 9.25. The molecule has 0 bridgehead atoms. The number of halogens is 1. The van der Waals surface area contributed by atoms with E-state index in [2.05, 4.69) is 60.4 Å². The molecule has 1 rings (SSSR count). The molecule has 1 N–H and O–H groups in total. The number of nitrogens with one attached hydrogen (secondary N) is 1. The summed E-state index contributed by atoms with van der Waals surface area (Å²) in [6, 6.07) is 10.4. The van der Waals surface area contributed by atoms with Crippen LogP contribution in [0.5, 0.6) is 0 Å². The number of nitrogens with zero attached hydrogens (tertiary/aromatic N) is 2. The van der Waals surface area contributed by atoms with E-state index in [-0.39, 0.29) is 24.0 Å². The van der Waals surface area contributed by atoms with Gasteiger partial charge in [0.05, 0.1) is 13.2 Å². The number of rotatable bonds is 9. The van der Waals surface area contributed by atoms with Crippen LogP contribution in [0.1, 0.15) is 32.3 Å². The topological polar surface area (TPSA) is 36.9 Å². The van der Waals surface area contributed by atoms with Crippen LogP contribution >= 0.6 is 24.0 Å². The molecule has 0 amide bonds. The second-order valence-corrected chi connectivity index (χ2v) is 5.04. The first-order valence-electron chi connectivity index (χ1n) is 7.89. The number of ether oxygens (including phenoxy) is 1. The molecule has 0 fully saturated rings. The van der Waals surface area contributed by atoms with Gasteiger partial charge < -0.3 is 15.0 Å². The average molecular weight is 419 g/mol. The number of benzene rings is 1. The van der Waals surface area contributed by atoms with Crippen LogP contribution in [-0.4, -0.2) is 44.2 Å². The fourth-order valence-electron chi connectivity index (χ4n) is 1.97. The first-order chi connectivity index (χ1) is 10.3. The lowest BCUT2D eigenvalue weighted by molar-refractivity contribution is 0.138. The minimum Gasteiger partial charge on any atom is -0.380 e. The van der Waals surface area contributed by atoms with Crippen LogP contribution < -0.4 is 5.32 Å². The fourth-order valence-corrected chi connectivity index (χ4v) is 1.97. The Bertz CT molecular complexity index is 398. The van der Waals surface area contributed by atoms with Crippen molar-refractivity contribution in [3.05, 3.63) is 35.9 Å². The summed E-state index contributed by atoms with van der Waals surface area (Å²) in [7, 11) is 2.06. The summed E-state index contributed by atoms with van der Waals surface area (Å²) in [6.07, 6.45) is 2.30. The maximum atomic E-state index is 5.55. The molecule has 0 aliphatic rings. The molecule has 4 nitrogen and oxygen atoms in total. The fraction of sp³-hybridized carbons (Fsp3) is 0.588. The van der Waals surface area contributed by atoms with Gasteiger partial charge in [-0.1, -0.05) is 43.7 Å². The molecule has 1 aromatic rings. The van der Waals surface area contributed by atoms with E-state index in [0.717, 1.165) is 32.1 Å². The van der Waals surface area contributed by atoms with Crippen LogP contribution in [0, 0.1) is 0 Å². The lowest BCUT2D eigenvalue weighted by Gasteiger charge is -2.22. The zero-order chi connectivity index (χ0) is 15.3. The molecule has 0 saturated carbocycles. The Hall–Kier alpha value is -0.820. The Labute approximate surface area is 152 Å². The van der Waals surface area contributed by atoms with Crippen molar-refractivity contribution in [3.63, 3.8) is 0 Å². The lowest BCUT2D eigenvalue weighted by atomic mass is 10.2. The Balaban J connectivity index is 0.00000441. The predicted octanol–water partition coefficient (Wildman–Crippen LogP) is 3.52. The van der Waals surface area contributed by atoms with Gasteiger partial charge in [0.2, 0.25) is 0 Å². The Morgan fingerprint density at radius 2 is 1.91 bits per heavy atom. The highest BCUT2D eigenvalue weighted by atomic mass is 127. The molecule has 0 spiro atoms. The molecule has 5 heteroatoms. The van der Waals surface area contributed by atoms with Gasteiger partial charge in [-0.3, -0.25) is 4.99 Å². The van der Waals surface area contributed by atoms with Crippen molar-refractivity contribution in [1.82, 2.24) is 10.2 Å². The van der Waals surface area contributed by atoms with Crippen LogP contribution in [0.3, 0.4) is 0 Å². The molecule has 0 atom stereocenters. The first-order valence-corrected chi connectivity index (χ1v) is 7.89. The maximum absolute atomic E-state index is 5.55. The normalized spacial score (nSPS) is 11.0. The molecule has 0 saturated heterocycles. The van der Waals surface area contributed by atoms with E-state index in [4.69, 9.17) is 4.74 Å². The van der Waals surface area contributed by atoms with Gasteiger partial charge in [-0.25, -0.2) is 0 Å². The molecule has 126 valence electrons. The quantitative estimate of drug-likeness (QED) is 0.288. The van der Waals surface area contributed by atoms with Crippen molar-refractivity contribution in [2.24, 2.45) is 4.99 Å². The van der Waals surface area contributed by atoms with E-state index in [0.29, 0.717) is 13.2 Å². The average Bonchev–Trinajstić information content (AvgIpc) is 2.50. The highest BCUT2D eigenvalue weighted by Gasteiger charge is 2.05. The summed E-state index contributed by atoms with van der Waals surface area (Å²) in [5.41, 5.74) is 1.28. The molecule has 0 aromatic heterocycles. The van der Waals surface area contributed by atoms with Crippen molar-refractivity contribution in [3.8, 4) is 0 Å². The van der Waals surface area contributed by atoms with Crippen LogP contribution in [0.25, 0.3) is 0 Å². The molecule has 0 radical (unpaired) electrons. The standard InChI is InChI=1S/C17H29N3O.HI/c1-4-6-13-21-14-12-19-17(18-5-2)20(3)15-16-10-8-7-9-11-16;/h7-11H,4-6,12-15H2,1-3H3,(H,18,19);1H. The highest BCUT2D eigenvalue weighted by Crippen LogP contribution is 2.02. The van der Waals surface area contributed by atoms with Crippen LogP contribution in [0.2, 0.25) is 0 Å². The minimum absolute atomic E-state index is 0. The van der Waals surface area contributed by atoms with Crippen LogP contribution in [0.4, 0.5) is 0 Å². The summed E-state index contributed by atoms with van der Waals surface area (Å²) in [4.78, 5) is 6.76. The van der Waals surface area contributed by atoms with E-state index in [1.165, 1.54) is 12.0 Å². The summed E-state index contributed by atoms with van der Waals surface area (Å²) in [6.45, 7) is 8.20. The van der Waals surface area contributed by atoms with Gasteiger partial charge >= 0.3 is 0 Å². The van der Waals surface area contributed by atoms with Crippen molar-refractivity contribution in [2.75, 3.05) is 33.4 Å². The second kappa shape index (κ2) is 13.8. The van der Waals surface area contributed by atoms with Crippen molar-refractivity contribution in [2.45, 2.75) is 33.2 Å². The zero-order valence-electron chi connectivity index (χ0n) is 14.0. The molecule has 1 aromatic carbocycles. The Morgan fingerprint density at radius 1 is 1.18 bits per heavy atom. The summed E-state index contributed by atoms with van der Waals surface area (Å²) in [5, 5.41) is 3.33. The zero-order valence-corrected chi connectivity index (χ0v) is 16.4. The first kappa shape index (κ1) is 21.2. The van der Waals surface area contributed by atoms with Crippen LogP contribution in [0.15, 0.2) is 35.3 Å². The summed E-state index contributed by atoms with van der Waals surface area (Å²) < 4.78 is 5.55. The Morgan fingerprint density at radius 3 is 2.55 bits per heavy atom. The van der Waals surface area contributed by atoms with Gasteiger partial charge in [-0.15, -0.1) is 24.0 Å². The van der Waals surface area contributed by atoms with E-state index in [1.54, 1.807) is 0 Å². The smallest absolute Gasteiger partial charge is 0.194 e. The number of hydrogen-bond acceptors (Lipinski definition) is 2. The van der Waals surface area contributed by atoms with Gasteiger partial charge in [-0.2, -0.15) is 0 Å². The summed E-state index contributed by atoms with van der Waals surface area (Å²) >= 11 is 0. The minimum atomic E-state index is 0. The maximum Gasteiger partial charge on any atom is 0.194 e. The summed E-state index contributed by atoms with van der Waals surface area (Å²) in [5.74, 6) is 0.931. The van der Waals surface area contributed by atoms with Crippen molar-refractivity contribution < 1.29 is 4.74 Å². The van der Waals surface area contributed by atoms with E-state index in [1.807, 2.05) is 6.07 Å². The van der Waals surface area contributed by atoms with Crippen molar-refractivity contribution >= 4 is 29.9 Å². The van der Waals surface area contributed by atoms with Gasteiger partial charge in [-0.05, 0) is 18.9 Å². The largest absolute Gasteiger partial charge is 0.380 e. The Kier molecular flexibility index (Phi) is 13.3. The van der Waals surface area contributed by atoms with Crippen molar-refractivity contribution in [1.29, 1.82) is 0 Å². The monoisotopic (exact) mass is 419 g/mol. The number of guanidine groups is 1. The molecular formula is C17H30IN3O. The highest BCUT2D eigenvalue weighted by molar-refractivity contribution is 14.0. The third-order valence-corrected chi connectivity index (χ3v) is 3.10. The molecule has 0 heterocycles. The molecular weight excluding hydrogens is 389 g/mol. The number of aliphatic imine (C=N–C) groups is 1. The third-order valence-electron chi connectivity index (χ3n) is 3.10. The number of unbranched alkanes of at least 4 members (excludes halogenated alkanes) is 1. The lowest BCUT2D eigenvalue weighted by Crippen LogP contribution is -2.38. The van der Waals surface area contributed by atoms with E-state index >= 15 is 0 Å². The molecule has 0 aliphatic heterocycles. The molecule has 22 heavy (non-hydrogen) atoms. The molecule has 0 unspecified atom stereocenters. The van der Waals surface area contributed by atoms with Crippen LogP contribution in [-0.2, 0) is 11.3 Å². The van der Waals surface area contributed by atoms with Gasteiger partial charge in [0.1, 0.15) is 0 Å². The second-order valence-electron chi connectivity index (χ2n) is 5.04.